The molecular weight excluding hydrogens is 386 g/mol. The van der Waals surface area contributed by atoms with Gasteiger partial charge in [-0.05, 0) is 35.7 Å². The Balaban J connectivity index is 1.56. The SMILES string of the molecule is COc1ccc(Cc2nnc(SCC(=O)N(C)Cc3ccccc3C)n2N)cc1. The predicted octanol–water partition coefficient (Wildman–Crippen LogP) is 2.65. The second-order valence-electron chi connectivity index (χ2n) is 6.76. The minimum absolute atomic E-state index is 0.0120. The van der Waals surface area contributed by atoms with Crippen LogP contribution in [0.5, 0.6) is 5.75 Å². The number of amides is 1. The van der Waals surface area contributed by atoms with Gasteiger partial charge in [0.15, 0.2) is 5.82 Å². The summed E-state index contributed by atoms with van der Waals surface area (Å²) in [4.78, 5) is 14.2. The molecule has 1 heterocycles. The Morgan fingerprint density at radius 2 is 1.90 bits per heavy atom. The molecule has 8 heteroatoms. The first-order chi connectivity index (χ1) is 14.0. The summed E-state index contributed by atoms with van der Waals surface area (Å²) in [5.41, 5.74) is 3.36. The number of nitrogens with zero attached hydrogens (tertiary/aromatic N) is 4. The molecule has 0 aliphatic heterocycles. The van der Waals surface area contributed by atoms with E-state index in [0.717, 1.165) is 16.9 Å². The third-order valence-corrected chi connectivity index (χ3v) is 5.60. The summed E-state index contributed by atoms with van der Waals surface area (Å²) in [6, 6.07) is 15.8. The number of thioether (sulfide) groups is 1. The molecule has 0 bridgehead atoms. The van der Waals surface area contributed by atoms with Gasteiger partial charge in [-0.1, -0.05) is 48.2 Å². The molecule has 0 radical (unpaired) electrons. The zero-order valence-electron chi connectivity index (χ0n) is 16.8. The molecule has 1 aromatic heterocycles. The van der Waals surface area contributed by atoms with Crippen molar-refractivity contribution in [1.82, 2.24) is 19.8 Å². The summed E-state index contributed by atoms with van der Waals surface area (Å²) < 4.78 is 6.62. The molecule has 0 saturated heterocycles. The summed E-state index contributed by atoms with van der Waals surface area (Å²) in [5.74, 6) is 7.83. The molecule has 152 valence electrons. The number of ether oxygens (including phenoxy) is 1. The molecule has 2 aromatic carbocycles. The van der Waals surface area contributed by atoms with Gasteiger partial charge in [-0.3, -0.25) is 4.79 Å². The van der Waals surface area contributed by atoms with E-state index >= 15 is 0 Å². The fourth-order valence-electron chi connectivity index (χ4n) is 2.82. The van der Waals surface area contributed by atoms with Gasteiger partial charge in [0, 0.05) is 20.0 Å². The van der Waals surface area contributed by atoms with Crippen molar-refractivity contribution < 1.29 is 9.53 Å². The maximum atomic E-state index is 12.5. The van der Waals surface area contributed by atoms with Crippen molar-refractivity contribution in [2.75, 3.05) is 25.8 Å². The smallest absolute Gasteiger partial charge is 0.233 e. The first-order valence-electron chi connectivity index (χ1n) is 9.21. The molecular formula is C21H25N5O2S. The second kappa shape index (κ2) is 9.47. The van der Waals surface area contributed by atoms with Crippen LogP contribution < -0.4 is 10.6 Å². The highest BCUT2D eigenvalue weighted by atomic mass is 32.2. The normalized spacial score (nSPS) is 10.7. The summed E-state index contributed by atoms with van der Waals surface area (Å²) in [6.07, 6.45) is 0.551. The number of benzene rings is 2. The number of carbonyl (C=O) groups is 1. The largest absolute Gasteiger partial charge is 0.497 e. The van der Waals surface area contributed by atoms with Crippen LogP contribution in [0.15, 0.2) is 53.7 Å². The Labute approximate surface area is 174 Å². The van der Waals surface area contributed by atoms with Crippen LogP contribution in [0.4, 0.5) is 0 Å². The van der Waals surface area contributed by atoms with Crippen molar-refractivity contribution in [1.29, 1.82) is 0 Å². The quantitative estimate of drug-likeness (QED) is 0.453. The number of hydrogen-bond acceptors (Lipinski definition) is 6. The molecule has 0 aliphatic carbocycles. The lowest BCUT2D eigenvalue weighted by Gasteiger charge is -2.18. The minimum Gasteiger partial charge on any atom is -0.497 e. The average molecular weight is 412 g/mol. The van der Waals surface area contributed by atoms with Gasteiger partial charge in [-0.2, -0.15) is 0 Å². The lowest BCUT2D eigenvalue weighted by molar-refractivity contribution is -0.127. The number of rotatable bonds is 8. The van der Waals surface area contributed by atoms with Crippen molar-refractivity contribution in [2.45, 2.75) is 25.0 Å². The van der Waals surface area contributed by atoms with Crippen LogP contribution in [0, 0.1) is 6.92 Å². The first kappa shape index (κ1) is 20.7. The fraction of sp³-hybridized carbons (Fsp3) is 0.286. The number of methoxy groups -OCH3 is 1. The number of aryl methyl sites for hydroxylation is 1. The third-order valence-electron chi connectivity index (χ3n) is 4.68. The Bertz CT molecular complexity index is 971. The van der Waals surface area contributed by atoms with Crippen LogP contribution in [0.25, 0.3) is 0 Å². The molecule has 0 saturated carbocycles. The van der Waals surface area contributed by atoms with Gasteiger partial charge in [0.25, 0.3) is 0 Å². The van der Waals surface area contributed by atoms with E-state index in [9.17, 15) is 4.79 Å². The van der Waals surface area contributed by atoms with Crippen LogP contribution in [0.3, 0.4) is 0 Å². The maximum Gasteiger partial charge on any atom is 0.233 e. The van der Waals surface area contributed by atoms with Gasteiger partial charge in [0.2, 0.25) is 11.1 Å². The molecule has 0 fully saturated rings. The number of hydrogen-bond donors (Lipinski definition) is 1. The van der Waals surface area contributed by atoms with Gasteiger partial charge in [0.05, 0.1) is 12.9 Å². The van der Waals surface area contributed by atoms with Crippen molar-refractivity contribution in [3.63, 3.8) is 0 Å². The van der Waals surface area contributed by atoms with Crippen LogP contribution in [-0.2, 0) is 17.8 Å². The molecule has 0 atom stereocenters. The number of nitrogens with two attached hydrogens (primary N) is 1. The molecule has 3 aromatic rings. The van der Waals surface area contributed by atoms with E-state index in [-0.39, 0.29) is 11.7 Å². The number of nitrogen functional groups attached to an aromatic ring is 1. The van der Waals surface area contributed by atoms with Crippen molar-refractivity contribution >= 4 is 17.7 Å². The topological polar surface area (TPSA) is 86.3 Å². The molecule has 2 N–H and O–H groups in total. The fourth-order valence-corrected chi connectivity index (χ4v) is 3.64. The van der Waals surface area contributed by atoms with Gasteiger partial charge in [-0.15, -0.1) is 10.2 Å². The van der Waals surface area contributed by atoms with E-state index in [4.69, 9.17) is 10.6 Å². The Morgan fingerprint density at radius 1 is 1.17 bits per heavy atom. The molecule has 3 rings (SSSR count). The molecule has 0 spiro atoms. The van der Waals surface area contributed by atoms with Crippen molar-refractivity contribution in [3.05, 3.63) is 71.0 Å². The Kier molecular flexibility index (Phi) is 6.77. The maximum absolute atomic E-state index is 12.5. The summed E-state index contributed by atoms with van der Waals surface area (Å²) in [6.45, 7) is 2.62. The predicted molar refractivity (Wildman–Crippen MR) is 114 cm³/mol. The standard InChI is InChI=1S/C21H25N5O2S/c1-15-6-4-5-7-17(15)13-25(2)20(27)14-29-21-24-23-19(26(21)22)12-16-8-10-18(28-3)11-9-16/h4-11H,12-14,22H2,1-3H3. The van der Waals surface area contributed by atoms with Gasteiger partial charge >= 0.3 is 0 Å². The summed E-state index contributed by atoms with van der Waals surface area (Å²) in [7, 11) is 3.44. The van der Waals surface area contributed by atoms with E-state index in [1.54, 1.807) is 19.1 Å². The zero-order chi connectivity index (χ0) is 20.8. The van der Waals surface area contributed by atoms with Gasteiger partial charge in [0.1, 0.15) is 5.75 Å². The average Bonchev–Trinajstić information content (AvgIpc) is 3.07. The van der Waals surface area contributed by atoms with E-state index in [2.05, 4.69) is 10.2 Å². The summed E-state index contributed by atoms with van der Waals surface area (Å²) >= 11 is 1.29. The van der Waals surface area contributed by atoms with E-state index in [1.165, 1.54) is 22.0 Å². The highest BCUT2D eigenvalue weighted by Crippen LogP contribution is 2.19. The number of aromatic nitrogens is 3. The Hall–Kier alpha value is -3.00. The first-order valence-corrected chi connectivity index (χ1v) is 10.2. The van der Waals surface area contributed by atoms with Gasteiger partial charge in [-0.25, -0.2) is 4.68 Å². The van der Waals surface area contributed by atoms with Crippen molar-refractivity contribution in [2.24, 2.45) is 0 Å². The van der Waals surface area contributed by atoms with E-state index < -0.39 is 0 Å². The lowest BCUT2D eigenvalue weighted by Crippen LogP contribution is -2.28. The van der Waals surface area contributed by atoms with Gasteiger partial charge < -0.3 is 15.5 Å². The van der Waals surface area contributed by atoms with Crippen LogP contribution >= 0.6 is 11.8 Å². The number of carbonyl (C=O) groups excluding carboxylic acids is 1. The molecule has 1 amide bonds. The van der Waals surface area contributed by atoms with Crippen molar-refractivity contribution in [3.8, 4) is 5.75 Å². The highest BCUT2D eigenvalue weighted by molar-refractivity contribution is 7.99. The molecule has 0 unspecified atom stereocenters. The van der Waals surface area contributed by atoms with Crippen LogP contribution in [-0.4, -0.2) is 45.6 Å². The second-order valence-corrected chi connectivity index (χ2v) is 7.70. The van der Waals surface area contributed by atoms with Crippen LogP contribution in [0.1, 0.15) is 22.5 Å². The molecule has 0 aliphatic rings. The van der Waals surface area contributed by atoms with E-state index in [0.29, 0.717) is 23.9 Å². The molecule has 7 nitrogen and oxygen atoms in total. The summed E-state index contributed by atoms with van der Waals surface area (Å²) in [5, 5.41) is 8.82. The highest BCUT2D eigenvalue weighted by Gasteiger charge is 2.15. The molecule has 29 heavy (non-hydrogen) atoms. The monoisotopic (exact) mass is 411 g/mol. The minimum atomic E-state index is 0.0120. The van der Waals surface area contributed by atoms with Crippen LogP contribution in [0.2, 0.25) is 0 Å². The lowest BCUT2D eigenvalue weighted by atomic mass is 10.1. The Morgan fingerprint density at radius 3 is 2.59 bits per heavy atom. The third kappa shape index (κ3) is 5.29. The zero-order valence-corrected chi connectivity index (χ0v) is 17.6. The van der Waals surface area contributed by atoms with E-state index in [1.807, 2.05) is 55.5 Å².